The lowest BCUT2D eigenvalue weighted by Gasteiger charge is -2.22. The molecule has 21 heavy (non-hydrogen) atoms. The van der Waals surface area contributed by atoms with E-state index in [0.29, 0.717) is 6.54 Å². The third-order valence-electron chi connectivity index (χ3n) is 4.91. The number of aliphatic hydroxyl groups excluding tert-OH is 1. The highest BCUT2D eigenvalue weighted by atomic mass is 16.3. The molecule has 3 aliphatic carbocycles. The molecule has 1 aliphatic heterocycles. The summed E-state index contributed by atoms with van der Waals surface area (Å²) in [7, 11) is 0. The van der Waals surface area contributed by atoms with Gasteiger partial charge in [-0.05, 0) is 60.3 Å². The number of carbonyl (C=O) groups excluding carboxylic acids is 1. The van der Waals surface area contributed by atoms with Gasteiger partial charge in [-0.25, -0.2) is 0 Å². The summed E-state index contributed by atoms with van der Waals surface area (Å²) in [4.78, 5) is 14.6. The van der Waals surface area contributed by atoms with Crippen LogP contribution in [0.4, 0.5) is 0 Å². The first kappa shape index (κ1) is 13.0. The third-order valence-corrected chi connectivity index (χ3v) is 4.91. The lowest BCUT2D eigenvalue weighted by atomic mass is 10.1. The van der Waals surface area contributed by atoms with Crippen LogP contribution in [0, 0.1) is 0 Å². The van der Waals surface area contributed by atoms with Crippen molar-refractivity contribution in [1.29, 1.82) is 0 Å². The zero-order valence-corrected chi connectivity index (χ0v) is 12.1. The van der Waals surface area contributed by atoms with Crippen molar-refractivity contribution in [2.75, 3.05) is 26.2 Å². The maximum Gasteiger partial charge on any atom is 0.251 e. The Morgan fingerprint density at radius 2 is 2.29 bits per heavy atom. The fourth-order valence-corrected chi connectivity index (χ4v) is 3.64. The van der Waals surface area contributed by atoms with Crippen molar-refractivity contribution in [3.8, 4) is 0 Å². The molecule has 4 rings (SSSR count). The molecule has 0 radical (unpaired) electrons. The molecule has 1 saturated heterocycles. The van der Waals surface area contributed by atoms with Crippen LogP contribution < -0.4 is 5.32 Å². The first-order chi connectivity index (χ1) is 10.3. The number of rotatable bonds is 5. The van der Waals surface area contributed by atoms with Gasteiger partial charge in [0.25, 0.3) is 5.91 Å². The summed E-state index contributed by atoms with van der Waals surface area (Å²) in [6, 6.07) is 0.276. The Bertz CT molecular complexity index is 625. The first-order valence-electron chi connectivity index (χ1n) is 7.78. The van der Waals surface area contributed by atoms with Gasteiger partial charge in [0.15, 0.2) is 0 Å². The zero-order chi connectivity index (χ0) is 14.4. The second-order valence-corrected chi connectivity index (χ2v) is 6.17. The molecule has 4 nitrogen and oxygen atoms in total. The van der Waals surface area contributed by atoms with Gasteiger partial charge in [-0.1, -0.05) is 6.08 Å². The Morgan fingerprint density at radius 3 is 3.14 bits per heavy atom. The minimum absolute atomic E-state index is 0.0229. The summed E-state index contributed by atoms with van der Waals surface area (Å²) >= 11 is 0. The van der Waals surface area contributed by atoms with Crippen molar-refractivity contribution >= 4 is 5.91 Å². The Labute approximate surface area is 124 Å². The van der Waals surface area contributed by atoms with Crippen molar-refractivity contribution < 1.29 is 9.90 Å². The van der Waals surface area contributed by atoms with E-state index in [-0.39, 0.29) is 18.6 Å². The number of hydrogen-bond donors (Lipinski definition) is 2. The summed E-state index contributed by atoms with van der Waals surface area (Å²) in [6.45, 7) is 2.70. The molecule has 2 N–H and O–H groups in total. The summed E-state index contributed by atoms with van der Waals surface area (Å²) in [5.41, 5.74) is 6.00. The zero-order valence-electron chi connectivity index (χ0n) is 12.1. The average molecular weight is 284 g/mol. The largest absolute Gasteiger partial charge is 0.395 e. The third kappa shape index (κ3) is 2.19. The van der Waals surface area contributed by atoms with E-state index in [0.717, 1.165) is 43.5 Å². The van der Waals surface area contributed by atoms with Crippen LogP contribution in [0.3, 0.4) is 0 Å². The molecule has 110 valence electrons. The summed E-state index contributed by atoms with van der Waals surface area (Å²) in [5, 5.41) is 12.3. The van der Waals surface area contributed by atoms with Crippen LogP contribution >= 0.6 is 0 Å². The number of nitrogens with zero attached hydrogens (tertiary/aromatic N) is 1. The summed E-state index contributed by atoms with van der Waals surface area (Å²) in [6.07, 6.45) is 9.47. The van der Waals surface area contributed by atoms with Crippen molar-refractivity contribution in [2.45, 2.75) is 25.3 Å². The SMILES string of the molecule is O=C(NCCN1CCC[C@@H]1CO)C1=C2C=C3CC3=C2C=C1. The van der Waals surface area contributed by atoms with E-state index < -0.39 is 0 Å². The quantitative estimate of drug-likeness (QED) is 0.794. The summed E-state index contributed by atoms with van der Waals surface area (Å²) in [5.74, 6) is 0.0229. The average Bonchev–Trinajstić information content (AvgIpc) is 2.87. The fraction of sp³-hybridized carbons (Fsp3) is 0.471. The topological polar surface area (TPSA) is 52.6 Å². The lowest BCUT2D eigenvalue weighted by Crippen LogP contribution is -2.39. The monoisotopic (exact) mass is 284 g/mol. The molecule has 0 unspecified atom stereocenters. The highest BCUT2D eigenvalue weighted by Crippen LogP contribution is 2.51. The standard InChI is InChI=1S/C17H20N2O2/c20-10-12-2-1-6-19(12)7-5-18-17(21)14-4-3-13-15-8-11(15)9-16(13)14/h3-4,9,12,20H,1-2,5-8,10H2,(H,18,21)/t12-/m1/s1. The predicted molar refractivity (Wildman–Crippen MR) is 80.6 cm³/mol. The summed E-state index contributed by atoms with van der Waals surface area (Å²) < 4.78 is 0. The Balaban J connectivity index is 1.34. The molecule has 0 aromatic carbocycles. The van der Waals surface area contributed by atoms with Crippen LogP contribution in [-0.2, 0) is 4.79 Å². The second-order valence-electron chi connectivity index (χ2n) is 6.17. The Hall–Kier alpha value is -1.65. The van der Waals surface area contributed by atoms with Crippen LogP contribution in [0.15, 0.2) is 46.1 Å². The normalized spacial score (nSPS) is 26.3. The molecule has 1 atom stereocenters. The predicted octanol–water partition coefficient (Wildman–Crippen LogP) is 1.07. The second kappa shape index (κ2) is 4.97. The molecular weight excluding hydrogens is 264 g/mol. The highest BCUT2D eigenvalue weighted by Gasteiger charge is 2.35. The number of allylic oxidation sites excluding steroid dienone is 6. The molecular formula is C17H20N2O2. The van der Waals surface area contributed by atoms with Gasteiger partial charge < -0.3 is 10.4 Å². The van der Waals surface area contributed by atoms with E-state index in [1.807, 2.05) is 6.08 Å². The molecule has 4 heteroatoms. The molecule has 1 heterocycles. The minimum Gasteiger partial charge on any atom is -0.395 e. The van der Waals surface area contributed by atoms with Gasteiger partial charge in [0.1, 0.15) is 0 Å². The van der Waals surface area contributed by atoms with E-state index in [4.69, 9.17) is 0 Å². The Morgan fingerprint density at radius 1 is 1.38 bits per heavy atom. The maximum atomic E-state index is 12.3. The molecule has 0 spiro atoms. The van der Waals surface area contributed by atoms with Gasteiger partial charge >= 0.3 is 0 Å². The number of hydrogen-bond acceptors (Lipinski definition) is 3. The van der Waals surface area contributed by atoms with Gasteiger partial charge in [0.05, 0.1) is 6.61 Å². The van der Waals surface area contributed by atoms with Crippen molar-refractivity contribution in [2.24, 2.45) is 0 Å². The number of likely N-dealkylation sites (tertiary alicyclic amines) is 1. The minimum atomic E-state index is 0.0229. The van der Waals surface area contributed by atoms with Crippen LogP contribution in [0.2, 0.25) is 0 Å². The number of nitrogens with one attached hydrogen (secondary N) is 1. The smallest absolute Gasteiger partial charge is 0.251 e. The molecule has 1 amide bonds. The van der Waals surface area contributed by atoms with Gasteiger partial charge in [-0.3, -0.25) is 9.69 Å². The number of aliphatic hydroxyl groups is 1. The van der Waals surface area contributed by atoms with E-state index in [1.54, 1.807) is 0 Å². The Kier molecular flexibility index (Phi) is 3.08. The molecule has 0 aromatic rings. The van der Waals surface area contributed by atoms with Crippen molar-refractivity contribution in [3.63, 3.8) is 0 Å². The van der Waals surface area contributed by atoms with Crippen LogP contribution in [0.5, 0.6) is 0 Å². The number of amides is 1. The van der Waals surface area contributed by atoms with Crippen LogP contribution in [0.25, 0.3) is 0 Å². The van der Waals surface area contributed by atoms with Gasteiger partial charge in [0.2, 0.25) is 0 Å². The number of fused-ring (bicyclic) bond motifs is 2. The molecule has 2 fully saturated rings. The van der Waals surface area contributed by atoms with Gasteiger partial charge in [-0.2, -0.15) is 0 Å². The molecule has 0 bridgehead atoms. The lowest BCUT2D eigenvalue weighted by molar-refractivity contribution is -0.117. The van der Waals surface area contributed by atoms with Gasteiger partial charge in [0, 0.05) is 24.7 Å². The van der Waals surface area contributed by atoms with Crippen LogP contribution in [-0.4, -0.2) is 48.2 Å². The molecule has 0 aromatic heterocycles. The highest BCUT2D eigenvalue weighted by molar-refractivity contribution is 6.01. The number of carbonyl (C=O) groups is 1. The molecule has 1 saturated carbocycles. The molecule has 4 aliphatic rings. The van der Waals surface area contributed by atoms with Crippen molar-refractivity contribution in [3.05, 3.63) is 46.1 Å². The van der Waals surface area contributed by atoms with E-state index >= 15 is 0 Å². The fourth-order valence-electron chi connectivity index (χ4n) is 3.64. The van der Waals surface area contributed by atoms with Crippen LogP contribution in [0.1, 0.15) is 19.3 Å². The van der Waals surface area contributed by atoms with Gasteiger partial charge in [-0.15, -0.1) is 0 Å². The maximum absolute atomic E-state index is 12.3. The van der Waals surface area contributed by atoms with Crippen molar-refractivity contribution in [1.82, 2.24) is 10.2 Å². The van der Waals surface area contributed by atoms with E-state index in [2.05, 4.69) is 22.4 Å². The first-order valence-corrected chi connectivity index (χ1v) is 7.78. The van der Waals surface area contributed by atoms with E-state index in [1.165, 1.54) is 16.7 Å². The van der Waals surface area contributed by atoms with E-state index in [9.17, 15) is 9.90 Å².